The van der Waals surface area contributed by atoms with Crippen molar-refractivity contribution in [2.24, 2.45) is 4.99 Å². The number of rotatable bonds is 11. The number of amidine groups is 1. The van der Waals surface area contributed by atoms with E-state index in [-0.39, 0.29) is 23.9 Å². The zero-order valence-corrected chi connectivity index (χ0v) is 26.0. The van der Waals surface area contributed by atoms with Crippen molar-refractivity contribution in [3.8, 4) is 5.75 Å². The first-order valence-corrected chi connectivity index (χ1v) is 15.3. The fraction of sp³-hybridized carbons (Fsp3) is 0.367. The Hall–Kier alpha value is -4.37. The van der Waals surface area contributed by atoms with E-state index < -0.39 is 22.2 Å². The number of aliphatic carboxylic acids is 1. The molecule has 3 aromatic rings. The zero-order valence-electron chi connectivity index (χ0n) is 25.2. The van der Waals surface area contributed by atoms with Crippen molar-refractivity contribution in [1.82, 2.24) is 14.9 Å². The molecule has 1 aromatic heterocycles. The Morgan fingerprint density at radius 1 is 1.13 bits per heavy atom. The third-order valence-electron chi connectivity index (χ3n) is 6.71. The Balaban J connectivity index is 0.000000707. The third-order valence-corrected chi connectivity index (χ3v) is 8.94. The van der Waals surface area contributed by atoms with Crippen LogP contribution in [0.15, 0.2) is 63.0 Å². The molecule has 244 valence electrons. The molecule has 0 spiro atoms. The van der Waals surface area contributed by atoms with Crippen LogP contribution in [-0.2, 0) is 27.8 Å². The number of ether oxygens (including phenoxy) is 1. The van der Waals surface area contributed by atoms with Crippen LogP contribution in [-0.4, -0.2) is 75.0 Å². The summed E-state index contributed by atoms with van der Waals surface area (Å²) in [5, 5.41) is 13.3. The third kappa shape index (κ3) is 9.31. The fourth-order valence-corrected chi connectivity index (χ4v) is 6.36. The molecular formula is C30H35F3N4O7S. The second kappa shape index (κ2) is 15.1. The highest BCUT2D eigenvalue weighted by Gasteiger charge is 2.38. The molecule has 2 heterocycles. The average Bonchev–Trinajstić information content (AvgIpc) is 3.68. The molecule has 4 rings (SSSR count). The average molecular weight is 653 g/mol. The number of amides is 1. The first-order valence-electron chi connectivity index (χ1n) is 13.9. The summed E-state index contributed by atoms with van der Waals surface area (Å²) in [6.45, 7) is 7.67. The van der Waals surface area contributed by atoms with E-state index in [9.17, 15) is 26.4 Å². The van der Waals surface area contributed by atoms with Gasteiger partial charge >= 0.3 is 12.1 Å². The summed E-state index contributed by atoms with van der Waals surface area (Å²) in [6.07, 6.45) is -3.04. The van der Waals surface area contributed by atoms with Gasteiger partial charge in [0.05, 0.1) is 30.7 Å². The zero-order chi connectivity index (χ0) is 33.4. The second-order valence-corrected chi connectivity index (χ2v) is 11.9. The van der Waals surface area contributed by atoms with Gasteiger partial charge in [0.15, 0.2) is 0 Å². The van der Waals surface area contributed by atoms with Crippen molar-refractivity contribution in [3.63, 3.8) is 0 Å². The number of hydrogen-bond acceptors (Lipinski definition) is 8. The van der Waals surface area contributed by atoms with Gasteiger partial charge in [-0.25, -0.2) is 13.2 Å². The number of furan rings is 1. The highest BCUT2D eigenvalue weighted by Crippen LogP contribution is 2.29. The van der Waals surface area contributed by atoms with Crippen molar-refractivity contribution in [2.45, 2.75) is 44.8 Å². The minimum absolute atomic E-state index is 0.0174. The van der Waals surface area contributed by atoms with Gasteiger partial charge in [-0.3, -0.25) is 9.79 Å². The van der Waals surface area contributed by atoms with Crippen LogP contribution in [0.3, 0.4) is 0 Å². The number of carboxylic acids is 1. The predicted molar refractivity (Wildman–Crippen MR) is 160 cm³/mol. The number of nitrogens with one attached hydrogen (secondary N) is 2. The summed E-state index contributed by atoms with van der Waals surface area (Å²) in [7, 11) is -2.25. The van der Waals surface area contributed by atoms with Gasteiger partial charge in [0.1, 0.15) is 23.6 Å². The Morgan fingerprint density at radius 2 is 1.76 bits per heavy atom. The molecule has 0 saturated heterocycles. The lowest BCUT2D eigenvalue weighted by atomic mass is 10.1. The van der Waals surface area contributed by atoms with Gasteiger partial charge in [-0.1, -0.05) is 31.2 Å². The molecule has 0 aliphatic carbocycles. The lowest BCUT2D eigenvalue weighted by molar-refractivity contribution is -0.192. The van der Waals surface area contributed by atoms with Crippen molar-refractivity contribution >= 4 is 27.7 Å². The van der Waals surface area contributed by atoms with E-state index in [4.69, 9.17) is 19.1 Å². The largest absolute Gasteiger partial charge is 0.497 e. The number of nitrogens with zero attached hydrogens (tertiary/aromatic N) is 2. The summed E-state index contributed by atoms with van der Waals surface area (Å²) in [5.74, 6) is -1.11. The number of alkyl halides is 3. The summed E-state index contributed by atoms with van der Waals surface area (Å²) in [5.41, 5.74) is 3.73. The molecule has 0 atom stereocenters. The number of aliphatic imine (C=N–C) groups is 1. The van der Waals surface area contributed by atoms with Gasteiger partial charge in [-0.2, -0.15) is 17.5 Å². The molecule has 0 fully saturated rings. The molecule has 1 amide bonds. The Labute approximate surface area is 259 Å². The first kappa shape index (κ1) is 35.1. The maximum absolute atomic E-state index is 13.5. The molecular weight excluding hydrogens is 617 g/mol. The standard InChI is InChI=1S/C28H34N4O5S.C2HF3O2/c1-5-32(38(34,35)26-19(2)14-24(36-4)15-20(26)3)17-25-16-23(18-37-25)28(33)31-11-10-21-6-8-22(9-7-21)27-29-12-13-30-27;3-2(4,5)1(6)7/h6-9,14-16,18H,5,10-13,17H2,1-4H3,(H,29,30)(H,31,33);(H,6,7). The van der Waals surface area contributed by atoms with Crippen LogP contribution in [0.1, 0.15) is 45.3 Å². The van der Waals surface area contributed by atoms with Crippen molar-refractivity contribution < 1.29 is 45.4 Å². The number of halogens is 3. The molecule has 0 bridgehead atoms. The van der Waals surface area contributed by atoms with E-state index >= 15 is 0 Å². The molecule has 0 saturated carbocycles. The van der Waals surface area contributed by atoms with Gasteiger partial charge in [0, 0.05) is 25.2 Å². The number of carboxylic acid groups (broad SMARTS) is 1. The maximum atomic E-state index is 13.5. The second-order valence-electron chi connectivity index (χ2n) is 9.99. The smallest absolute Gasteiger partial charge is 0.490 e. The van der Waals surface area contributed by atoms with E-state index in [0.29, 0.717) is 41.2 Å². The highest BCUT2D eigenvalue weighted by molar-refractivity contribution is 7.89. The number of carbonyl (C=O) groups is 2. The number of benzene rings is 2. The Kier molecular flexibility index (Phi) is 11.8. The van der Waals surface area contributed by atoms with E-state index in [1.54, 1.807) is 46.1 Å². The molecule has 0 unspecified atom stereocenters. The summed E-state index contributed by atoms with van der Waals surface area (Å²) in [4.78, 5) is 26.2. The number of hydrogen-bond donors (Lipinski definition) is 3. The van der Waals surface area contributed by atoms with E-state index in [1.807, 2.05) is 24.3 Å². The maximum Gasteiger partial charge on any atom is 0.490 e. The summed E-state index contributed by atoms with van der Waals surface area (Å²) < 4.78 is 70.9. The predicted octanol–water partition coefficient (Wildman–Crippen LogP) is 4.07. The van der Waals surface area contributed by atoms with Crippen LogP contribution in [0.25, 0.3) is 0 Å². The van der Waals surface area contributed by atoms with Crippen molar-refractivity contribution in [3.05, 3.63) is 82.3 Å². The molecule has 11 nitrogen and oxygen atoms in total. The van der Waals surface area contributed by atoms with Gasteiger partial charge in [-0.15, -0.1) is 0 Å². The van der Waals surface area contributed by atoms with Crippen LogP contribution < -0.4 is 15.4 Å². The minimum atomic E-state index is -5.08. The molecule has 3 N–H and O–H groups in total. The number of sulfonamides is 1. The highest BCUT2D eigenvalue weighted by atomic mass is 32.2. The molecule has 45 heavy (non-hydrogen) atoms. The van der Waals surface area contributed by atoms with Crippen LogP contribution in [0.4, 0.5) is 13.2 Å². The number of methoxy groups -OCH3 is 1. The summed E-state index contributed by atoms with van der Waals surface area (Å²) >= 11 is 0. The van der Waals surface area contributed by atoms with Crippen LogP contribution in [0, 0.1) is 13.8 Å². The molecule has 1 aliphatic heterocycles. The molecule has 15 heteroatoms. The van der Waals surface area contributed by atoms with E-state index in [2.05, 4.69) is 15.6 Å². The lowest BCUT2D eigenvalue weighted by Gasteiger charge is -2.22. The van der Waals surface area contributed by atoms with E-state index in [0.717, 1.165) is 30.1 Å². The van der Waals surface area contributed by atoms with Crippen LogP contribution >= 0.6 is 0 Å². The van der Waals surface area contributed by atoms with Crippen molar-refractivity contribution in [1.29, 1.82) is 0 Å². The summed E-state index contributed by atoms with van der Waals surface area (Å²) in [6, 6.07) is 13.1. The van der Waals surface area contributed by atoms with Crippen molar-refractivity contribution in [2.75, 3.05) is 33.3 Å². The SMILES string of the molecule is CCN(Cc1cc(C(=O)NCCc2ccc(C3=NCCN3)cc2)co1)S(=O)(=O)c1c(C)cc(OC)cc1C.O=C(O)C(F)(F)F. The molecule has 1 aliphatic rings. The van der Waals surface area contributed by atoms with Gasteiger partial charge < -0.3 is 24.9 Å². The Bertz CT molecular complexity index is 1610. The van der Waals surface area contributed by atoms with Gasteiger partial charge in [0.25, 0.3) is 5.91 Å². The lowest BCUT2D eigenvalue weighted by Crippen LogP contribution is -2.31. The van der Waals surface area contributed by atoms with Crippen LogP contribution in [0.5, 0.6) is 5.75 Å². The molecule has 0 radical (unpaired) electrons. The van der Waals surface area contributed by atoms with Crippen LogP contribution in [0.2, 0.25) is 0 Å². The quantitative estimate of drug-likeness (QED) is 0.281. The normalized spacial score (nSPS) is 13.0. The first-order chi connectivity index (χ1) is 21.2. The minimum Gasteiger partial charge on any atom is -0.497 e. The molecule has 2 aromatic carbocycles. The number of aryl methyl sites for hydroxylation is 2. The van der Waals surface area contributed by atoms with Gasteiger partial charge in [-0.05, 0) is 55.2 Å². The van der Waals surface area contributed by atoms with Gasteiger partial charge in [0.2, 0.25) is 10.0 Å². The monoisotopic (exact) mass is 652 g/mol. The fourth-order valence-electron chi connectivity index (χ4n) is 4.53. The van der Waals surface area contributed by atoms with E-state index in [1.165, 1.54) is 10.6 Å². The Morgan fingerprint density at radius 3 is 2.27 bits per heavy atom. The topological polar surface area (TPSA) is 151 Å². The number of carbonyl (C=O) groups excluding carboxylic acids is 1.